The maximum Gasteiger partial charge on any atom is 0.343 e. The van der Waals surface area contributed by atoms with Gasteiger partial charge in [0, 0.05) is 5.92 Å². The minimum atomic E-state index is -1.83. The Morgan fingerprint density at radius 3 is 1.84 bits per heavy atom. The second-order valence-electron chi connectivity index (χ2n) is 7.59. The van der Waals surface area contributed by atoms with Crippen molar-refractivity contribution in [3.63, 3.8) is 0 Å². The summed E-state index contributed by atoms with van der Waals surface area (Å²) >= 11 is 0. The largest absolute Gasteiger partial charge is 0.464 e. The summed E-state index contributed by atoms with van der Waals surface area (Å²) in [4.78, 5) is 25.2. The third kappa shape index (κ3) is 5.51. The van der Waals surface area contributed by atoms with Crippen LogP contribution in [0.1, 0.15) is 51.2 Å². The number of hydrogen-bond donors (Lipinski definition) is 2. The highest BCUT2D eigenvalue weighted by molar-refractivity contribution is 5.82. The summed E-state index contributed by atoms with van der Waals surface area (Å²) in [5.74, 6) is -1.94. The van der Waals surface area contributed by atoms with E-state index in [0.717, 1.165) is 0 Å². The minimum Gasteiger partial charge on any atom is -0.464 e. The first-order valence-corrected chi connectivity index (χ1v) is 10.7. The fraction of sp³-hybridized carbons (Fsp3) is 0.440. The molecule has 0 saturated heterocycles. The molecule has 2 rings (SSSR count). The highest BCUT2D eigenvalue weighted by atomic mass is 16.6. The zero-order chi connectivity index (χ0) is 22.9. The Kier molecular flexibility index (Phi) is 8.77. The predicted molar refractivity (Wildman–Crippen MR) is 117 cm³/mol. The molecule has 0 aliphatic carbocycles. The van der Waals surface area contributed by atoms with Gasteiger partial charge in [-0.1, -0.05) is 67.6 Å². The number of rotatable bonds is 11. The van der Waals surface area contributed by atoms with Crippen molar-refractivity contribution >= 4 is 11.9 Å². The monoisotopic (exact) mass is 428 g/mol. The Morgan fingerprint density at radius 1 is 0.839 bits per heavy atom. The Labute approximate surface area is 183 Å². The highest BCUT2D eigenvalue weighted by Crippen LogP contribution is 2.36. The number of esters is 2. The van der Waals surface area contributed by atoms with Crippen molar-refractivity contribution in [2.75, 3.05) is 13.2 Å². The molecule has 168 valence electrons. The van der Waals surface area contributed by atoms with Gasteiger partial charge in [0.05, 0.1) is 13.2 Å². The molecule has 2 aromatic rings. The topological polar surface area (TPSA) is 93.1 Å². The van der Waals surface area contributed by atoms with E-state index in [4.69, 9.17) is 9.47 Å². The summed E-state index contributed by atoms with van der Waals surface area (Å²) in [7, 11) is 0. The molecule has 0 amide bonds. The molecule has 2 N–H and O–H groups in total. The van der Waals surface area contributed by atoms with Crippen molar-refractivity contribution in [1.29, 1.82) is 0 Å². The Bertz CT molecular complexity index is 838. The van der Waals surface area contributed by atoms with Gasteiger partial charge in [-0.2, -0.15) is 0 Å². The van der Waals surface area contributed by atoms with Crippen LogP contribution in [-0.4, -0.2) is 35.4 Å². The molecule has 0 saturated carbocycles. The zero-order valence-corrected chi connectivity index (χ0v) is 18.4. The van der Waals surface area contributed by atoms with E-state index in [1.54, 1.807) is 81.4 Å². The molecular formula is C25H32O6. The Balaban J connectivity index is 2.21. The second kappa shape index (κ2) is 11.1. The van der Waals surface area contributed by atoms with E-state index in [1.165, 1.54) is 0 Å². The fourth-order valence-electron chi connectivity index (χ4n) is 3.74. The molecule has 0 bridgehead atoms. The third-order valence-corrected chi connectivity index (χ3v) is 5.55. The number of aliphatic hydroxyl groups is 2. The van der Waals surface area contributed by atoms with Crippen molar-refractivity contribution in [3.8, 4) is 0 Å². The SMILES string of the molecule is CCOC(=O)C(O)(CCCC(C)C(O)(C(=O)OCC)c1ccccc1)c1ccccc1. The van der Waals surface area contributed by atoms with Gasteiger partial charge in [0.1, 0.15) is 0 Å². The molecule has 6 heteroatoms. The summed E-state index contributed by atoms with van der Waals surface area (Å²) in [6, 6.07) is 17.3. The van der Waals surface area contributed by atoms with Crippen LogP contribution in [-0.2, 0) is 30.3 Å². The smallest absolute Gasteiger partial charge is 0.343 e. The first-order valence-electron chi connectivity index (χ1n) is 10.7. The summed E-state index contributed by atoms with van der Waals surface area (Å²) < 4.78 is 10.3. The van der Waals surface area contributed by atoms with Gasteiger partial charge in [-0.25, -0.2) is 9.59 Å². The van der Waals surface area contributed by atoms with Crippen LogP contribution in [0.15, 0.2) is 60.7 Å². The van der Waals surface area contributed by atoms with E-state index >= 15 is 0 Å². The summed E-state index contributed by atoms with van der Waals surface area (Å²) in [6.45, 7) is 5.44. The average molecular weight is 429 g/mol. The number of benzene rings is 2. The Morgan fingerprint density at radius 2 is 1.32 bits per heavy atom. The van der Waals surface area contributed by atoms with Crippen LogP contribution >= 0.6 is 0 Å². The zero-order valence-electron chi connectivity index (χ0n) is 18.4. The van der Waals surface area contributed by atoms with Gasteiger partial charge in [-0.05, 0) is 44.2 Å². The van der Waals surface area contributed by atoms with Gasteiger partial charge in [0.2, 0.25) is 0 Å². The number of hydrogen-bond acceptors (Lipinski definition) is 6. The predicted octanol–water partition coefficient (Wildman–Crippen LogP) is 3.69. The lowest BCUT2D eigenvalue weighted by molar-refractivity contribution is -0.174. The van der Waals surface area contributed by atoms with Gasteiger partial charge in [-0.15, -0.1) is 0 Å². The third-order valence-electron chi connectivity index (χ3n) is 5.55. The molecule has 0 heterocycles. The molecule has 0 radical (unpaired) electrons. The average Bonchev–Trinajstić information content (AvgIpc) is 2.79. The van der Waals surface area contributed by atoms with Crippen LogP contribution < -0.4 is 0 Å². The van der Waals surface area contributed by atoms with Crippen molar-refractivity contribution in [2.24, 2.45) is 5.92 Å². The van der Waals surface area contributed by atoms with Crippen molar-refractivity contribution in [1.82, 2.24) is 0 Å². The molecule has 31 heavy (non-hydrogen) atoms. The lowest BCUT2D eigenvalue weighted by Gasteiger charge is -2.33. The van der Waals surface area contributed by atoms with E-state index in [0.29, 0.717) is 24.0 Å². The van der Waals surface area contributed by atoms with Crippen molar-refractivity contribution in [3.05, 3.63) is 71.8 Å². The molecular weight excluding hydrogens is 396 g/mol. The van der Waals surface area contributed by atoms with Crippen LogP contribution in [0, 0.1) is 5.92 Å². The van der Waals surface area contributed by atoms with Gasteiger partial charge in [-0.3, -0.25) is 0 Å². The van der Waals surface area contributed by atoms with E-state index in [1.807, 2.05) is 0 Å². The quantitative estimate of drug-likeness (QED) is 0.530. The standard InChI is InChI=1S/C25H32O6/c1-4-30-22(26)24(28,20-14-8-6-9-15-20)18-12-13-19(3)25(29,23(27)31-5-2)21-16-10-7-11-17-21/h6-11,14-17,19,28-29H,4-5,12-13,18H2,1-3H3. The molecule has 3 atom stereocenters. The second-order valence-corrected chi connectivity index (χ2v) is 7.59. The number of carbonyl (C=O) groups excluding carboxylic acids is 2. The molecule has 2 aromatic carbocycles. The van der Waals surface area contributed by atoms with Crippen LogP contribution in [0.25, 0.3) is 0 Å². The van der Waals surface area contributed by atoms with Gasteiger partial charge in [0.25, 0.3) is 0 Å². The van der Waals surface area contributed by atoms with Crippen molar-refractivity contribution in [2.45, 2.75) is 51.2 Å². The van der Waals surface area contributed by atoms with Gasteiger partial charge < -0.3 is 19.7 Å². The van der Waals surface area contributed by atoms with E-state index in [-0.39, 0.29) is 19.6 Å². The van der Waals surface area contributed by atoms with Gasteiger partial charge in [0.15, 0.2) is 11.2 Å². The molecule has 0 aliphatic rings. The highest BCUT2D eigenvalue weighted by Gasteiger charge is 2.45. The van der Waals surface area contributed by atoms with Crippen LogP contribution in [0.3, 0.4) is 0 Å². The van der Waals surface area contributed by atoms with Gasteiger partial charge >= 0.3 is 11.9 Å². The summed E-state index contributed by atoms with van der Waals surface area (Å²) in [5.41, 5.74) is -2.73. The number of carbonyl (C=O) groups is 2. The first-order chi connectivity index (χ1) is 14.8. The molecule has 3 unspecified atom stereocenters. The van der Waals surface area contributed by atoms with Crippen LogP contribution in [0.4, 0.5) is 0 Å². The summed E-state index contributed by atoms with van der Waals surface area (Å²) in [6.07, 6.45) is 0.840. The number of ether oxygens (including phenoxy) is 2. The normalized spacial score (nSPS) is 15.9. The molecule has 0 spiro atoms. The fourth-order valence-corrected chi connectivity index (χ4v) is 3.74. The van der Waals surface area contributed by atoms with E-state index in [2.05, 4.69) is 0 Å². The summed E-state index contributed by atoms with van der Waals surface area (Å²) in [5, 5.41) is 22.5. The minimum absolute atomic E-state index is 0.0912. The molecule has 0 aromatic heterocycles. The Hall–Kier alpha value is -2.70. The van der Waals surface area contributed by atoms with Crippen LogP contribution in [0.5, 0.6) is 0 Å². The first kappa shape index (κ1) is 24.6. The van der Waals surface area contributed by atoms with Crippen LogP contribution in [0.2, 0.25) is 0 Å². The molecule has 0 fully saturated rings. The lowest BCUT2D eigenvalue weighted by Crippen LogP contribution is -2.43. The maximum absolute atomic E-state index is 12.7. The van der Waals surface area contributed by atoms with E-state index in [9.17, 15) is 19.8 Å². The van der Waals surface area contributed by atoms with E-state index < -0.39 is 29.1 Å². The molecule has 6 nitrogen and oxygen atoms in total. The van der Waals surface area contributed by atoms with Crippen molar-refractivity contribution < 1.29 is 29.3 Å². The lowest BCUT2D eigenvalue weighted by atomic mass is 9.78. The maximum atomic E-state index is 12.7. The molecule has 0 aliphatic heterocycles.